The molecule has 108 valence electrons. The number of carboxylic acids is 1. The average molecular weight is 280 g/mol. The summed E-state index contributed by atoms with van der Waals surface area (Å²) in [6.07, 6.45) is 4.02. The first-order chi connectivity index (χ1) is 9.65. The van der Waals surface area contributed by atoms with E-state index in [0.717, 1.165) is 19.3 Å². The Bertz CT molecular complexity index is 504. The number of hydrogen-bond donors (Lipinski definition) is 3. The third-order valence-corrected chi connectivity index (χ3v) is 4.31. The molecular formula is C12H16N4O4. The molecule has 2 fully saturated rings. The predicted molar refractivity (Wildman–Crippen MR) is 65.4 cm³/mol. The summed E-state index contributed by atoms with van der Waals surface area (Å²) in [5.41, 5.74) is 0. The average Bonchev–Trinajstić information content (AvgIpc) is 3.12. The Morgan fingerprint density at radius 1 is 1.40 bits per heavy atom. The van der Waals surface area contributed by atoms with Crippen LogP contribution in [0, 0.1) is 17.8 Å². The van der Waals surface area contributed by atoms with E-state index >= 15 is 0 Å². The molecule has 3 N–H and O–H groups in total. The third kappa shape index (κ3) is 2.33. The topological polar surface area (TPSA) is 117 Å². The summed E-state index contributed by atoms with van der Waals surface area (Å²) >= 11 is 0. The minimum Gasteiger partial charge on any atom is -0.481 e. The van der Waals surface area contributed by atoms with Crippen molar-refractivity contribution in [2.24, 2.45) is 17.8 Å². The van der Waals surface area contributed by atoms with Gasteiger partial charge in [-0.3, -0.25) is 4.79 Å². The van der Waals surface area contributed by atoms with E-state index in [1.807, 2.05) is 0 Å². The van der Waals surface area contributed by atoms with Gasteiger partial charge < -0.3 is 20.3 Å². The highest BCUT2D eigenvalue weighted by atomic mass is 16.5. The molecule has 0 spiro atoms. The van der Waals surface area contributed by atoms with E-state index in [1.54, 1.807) is 0 Å². The number of amides is 2. The fraction of sp³-hybridized carbons (Fsp3) is 0.667. The first-order valence-electron chi connectivity index (χ1n) is 6.67. The van der Waals surface area contributed by atoms with Crippen LogP contribution in [0.25, 0.3) is 0 Å². The number of carbonyl (C=O) groups is 2. The van der Waals surface area contributed by atoms with Crippen molar-refractivity contribution in [1.29, 1.82) is 0 Å². The quantitative estimate of drug-likeness (QED) is 0.733. The van der Waals surface area contributed by atoms with Gasteiger partial charge in [-0.15, -0.1) is 0 Å². The molecule has 8 nitrogen and oxygen atoms in total. The van der Waals surface area contributed by atoms with Gasteiger partial charge in [0.25, 0.3) is 0 Å². The van der Waals surface area contributed by atoms with E-state index in [-0.39, 0.29) is 24.4 Å². The molecule has 2 aliphatic rings. The number of fused-ring (bicyclic) bond motifs is 2. The minimum absolute atomic E-state index is 0.154. The van der Waals surface area contributed by atoms with Crippen LogP contribution < -0.4 is 10.6 Å². The molecular weight excluding hydrogens is 264 g/mol. The maximum atomic E-state index is 11.8. The van der Waals surface area contributed by atoms with Crippen molar-refractivity contribution in [3.05, 3.63) is 12.2 Å². The number of nitrogens with zero attached hydrogens (tertiary/aromatic N) is 2. The molecule has 2 bridgehead atoms. The number of carboxylic acid groups (broad SMARTS) is 1. The van der Waals surface area contributed by atoms with Crippen LogP contribution in [0.4, 0.5) is 4.79 Å². The lowest BCUT2D eigenvalue weighted by Gasteiger charge is -2.28. The molecule has 3 rings (SSSR count). The predicted octanol–water partition coefficient (Wildman–Crippen LogP) is 0.368. The van der Waals surface area contributed by atoms with Crippen LogP contribution in [0.15, 0.2) is 10.9 Å². The number of aromatic nitrogens is 2. The van der Waals surface area contributed by atoms with Crippen molar-refractivity contribution in [2.45, 2.75) is 31.8 Å². The van der Waals surface area contributed by atoms with Crippen molar-refractivity contribution in [2.75, 3.05) is 0 Å². The van der Waals surface area contributed by atoms with E-state index in [1.165, 1.54) is 6.39 Å². The first kappa shape index (κ1) is 12.9. The third-order valence-electron chi connectivity index (χ3n) is 4.31. The smallest absolute Gasteiger partial charge is 0.315 e. The highest BCUT2D eigenvalue weighted by Gasteiger charge is 2.51. The Kier molecular flexibility index (Phi) is 3.29. The number of rotatable bonds is 4. The molecule has 8 heteroatoms. The second-order valence-electron chi connectivity index (χ2n) is 5.40. The zero-order valence-corrected chi connectivity index (χ0v) is 10.8. The van der Waals surface area contributed by atoms with Gasteiger partial charge in [-0.05, 0) is 31.1 Å². The van der Waals surface area contributed by atoms with Crippen LogP contribution in [-0.2, 0) is 11.3 Å². The van der Waals surface area contributed by atoms with Gasteiger partial charge >= 0.3 is 12.0 Å². The highest BCUT2D eigenvalue weighted by molar-refractivity contribution is 5.77. The lowest BCUT2D eigenvalue weighted by molar-refractivity contribution is -0.144. The van der Waals surface area contributed by atoms with Crippen LogP contribution >= 0.6 is 0 Å². The normalized spacial score (nSPS) is 31.2. The van der Waals surface area contributed by atoms with Crippen molar-refractivity contribution in [3.8, 4) is 0 Å². The van der Waals surface area contributed by atoms with Crippen LogP contribution in [0.5, 0.6) is 0 Å². The summed E-state index contributed by atoms with van der Waals surface area (Å²) in [7, 11) is 0. The van der Waals surface area contributed by atoms with Crippen molar-refractivity contribution < 1.29 is 19.2 Å². The number of aliphatic carboxylic acids is 1. The summed E-state index contributed by atoms with van der Waals surface area (Å²) in [6.45, 7) is 0.154. The molecule has 20 heavy (non-hydrogen) atoms. The van der Waals surface area contributed by atoms with Gasteiger partial charge in [-0.2, -0.15) is 4.98 Å². The SMILES string of the molecule is O=C(NCc1ncon1)NC1C2CCC(C2)C1C(=O)O. The minimum atomic E-state index is -0.819. The summed E-state index contributed by atoms with van der Waals surface area (Å²) in [5, 5.41) is 18.3. The zero-order valence-electron chi connectivity index (χ0n) is 10.8. The van der Waals surface area contributed by atoms with Crippen molar-refractivity contribution >= 4 is 12.0 Å². The second kappa shape index (κ2) is 5.10. The number of hydrogen-bond acceptors (Lipinski definition) is 5. The van der Waals surface area contributed by atoms with E-state index in [4.69, 9.17) is 0 Å². The largest absolute Gasteiger partial charge is 0.481 e. The van der Waals surface area contributed by atoms with Gasteiger partial charge in [-0.1, -0.05) is 5.16 Å². The molecule has 2 aliphatic carbocycles. The molecule has 0 aliphatic heterocycles. The molecule has 4 atom stereocenters. The summed E-state index contributed by atoms with van der Waals surface area (Å²) in [5.74, 6) is -0.440. The monoisotopic (exact) mass is 280 g/mol. The zero-order chi connectivity index (χ0) is 14.1. The van der Waals surface area contributed by atoms with Crippen LogP contribution in [0.2, 0.25) is 0 Å². The molecule has 1 aromatic rings. The molecule has 0 radical (unpaired) electrons. The maximum Gasteiger partial charge on any atom is 0.315 e. The van der Waals surface area contributed by atoms with Gasteiger partial charge in [0.05, 0.1) is 12.5 Å². The maximum absolute atomic E-state index is 11.8. The van der Waals surface area contributed by atoms with Crippen LogP contribution in [0.1, 0.15) is 25.1 Å². The highest BCUT2D eigenvalue weighted by Crippen LogP contribution is 2.48. The van der Waals surface area contributed by atoms with Gasteiger partial charge in [-0.25, -0.2) is 4.79 Å². The van der Waals surface area contributed by atoms with Gasteiger partial charge in [0.15, 0.2) is 5.82 Å². The molecule has 1 aromatic heterocycles. The summed E-state index contributed by atoms with van der Waals surface area (Å²) < 4.78 is 4.56. The van der Waals surface area contributed by atoms with Crippen molar-refractivity contribution in [3.63, 3.8) is 0 Å². The summed E-state index contributed by atoms with van der Waals surface area (Å²) in [6, 6.07) is -0.671. The van der Waals surface area contributed by atoms with Crippen molar-refractivity contribution in [1.82, 2.24) is 20.8 Å². The Hall–Kier alpha value is -2.12. The number of carbonyl (C=O) groups excluding carboxylic acids is 1. The molecule has 1 heterocycles. The van der Waals surface area contributed by atoms with E-state index in [9.17, 15) is 14.7 Å². The van der Waals surface area contributed by atoms with Gasteiger partial charge in [0.1, 0.15) is 0 Å². The lowest BCUT2D eigenvalue weighted by atomic mass is 9.84. The second-order valence-corrected chi connectivity index (χ2v) is 5.40. The van der Waals surface area contributed by atoms with Crippen LogP contribution in [-0.4, -0.2) is 33.3 Å². The molecule has 2 saturated carbocycles. The number of nitrogens with one attached hydrogen (secondary N) is 2. The van der Waals surface area contributed by atoms with E-state index in [2.05, 4.69) is 25.3 Å². The van der Waals surface area contributed by atoms with Crippen LogP contribution in [0.3, 0.4) is 0 Å². The molecule has 2 amide bonds. The lowest BCUT2D eigenvalue weighted by Crippen LogP contribution is -2.50. The molecule has 0 saturated heterocycles. The fourth-order valence-corrected chi connectivity index (χ4v) is 3.49. The van der Waals surface area contributed by atoms with Gasteiger partial charge in [0.2, 0.25) is 6.39 Å². The Balaban J connectivity index is 1.56. The first-order valence-corrected chi connectivity index (χ1v) is 6.67. The Labute approximate surface area is 114 Å². The van der Waals surface area contributed by atoms with Gasteiger partial charge in [0, 0.05) is 6.04 Å². The summed E-state index contributed by atoms with van der Waals surface area (Å²) in [4.78, 5) is 26.9. The number of urea groups is 1. The van der Waals surface area contributed by atoms with E-state index < -0.39 is 17.9 Å². The molecule has 4 unspecified atom stereocenters. The van der Waals surface area contributed by atoms with E-state index in [0.29, 0.717) is 5.82 Å². The Morgan fingerprint density at radius 2 is 2.20 bits per heavy atom. The fourth-order valence-electron chi connectivity index (χ4n) is 3.49. The molecule has 0 aromatic carbocycles. The Morgan fingerprint density at radius 3 is 2.90 bits per heavy atom. The standard InChI is InChI=1S/C12H16N4O4/c17-11(18)9-6-1-2-7(3-6)10(9)15-12(19)13-4-8-14-5-20-16-8/h5-7,9-10H,1-4H2,(H,17,18)(H2,13,15,19).